The molecule has 0 aromatic carbocycles. The highest BCUT2D eigenvalue weighted by molar-refractivity contribution is 7.13. The summed E-state index contributed by atoms with van der Waals surface area (Å²) in [6, 6.07) is 1.68. The summed E-state index contributed by atoms with van der Waals surface area (Å²) in [6.45, 7) is 0.255. The smallest absolute Gasteiger partial charge is 0.264 e. The topological polar surface area (TPSA) is 97.0 Å². The molecule has 118 valence electrons. The van der Waals surface area contributed by atoms with Gasteiger partial charge in [0, 0.05) is 17.6 Å². The Kier molecular flexibility index (Phi) is 4.40. The molecule has 1 N–H and O–H groups in total. The Morgan fingerprint density at radius 3 is 2.83 bits per heavy atom. The van der Waals surface area contributed by atoms with E-state index in [2.05, 4.69) is 25.3 Å². The summed E-state index contributed by atoms with van der Waals surface area (Å²) >= 11 is 1.45. The molecule has 0 aliphatic heterocycles. The molecule has 0 saturated carbocycles. The van der Waals surface area contributed by atoms with E-state index in [1.807, 2.05) is 19.5 Å². The van der Waals surface area contributed by atoms with Crippen molar-refractivity contribution in [3.8, 4) is 22.4 Å². The predicted octanol–water partition coefficient (Wildman–Crippen LogP) is 1.76. The highest BCUT2D eigenvalue weighted by Gasteiger charge is 2.14. The van der Waals surface area contributed by atoms with E-state index in [4.69, 9.17) is 4.42 Å². The Bertz CT molecular complexity index is 733. The van der Waals surface area contributed by atoms with Crippen molar-refractivity contribution in [2.24, 2.45) is 0 Å². The summed E-state index contributed by atoms with van der Waals surface area (Å²) in [7, 11) is 3.64. The van der Waals surface area contributed by atoms with E-state index in [0.29, 0.717) is 17.3 Å². The highest BCUT2D eigenvalue weighted by atomic mass is 32.1. The summed E-state index contributed by atoms with van der Waals surface area (Å²) in [5.74, 6) is 0.789. The number of carbonyl (C=O) groups excluding carboxylic acids is 1. The fourth-order valence-corrected chi connectivity index (χ4v) is 2.47. The number of hydrogen-bond acceptors (Lipinski definition) is 8. The van der Waals surface area contributed by atoms with Crippen molar-refractivity contribution in [3.63, 3.8) is 0 Å². The summed E-state index contributed by atoms with van der Waals surface area (Å²) in [5.41, 5.74) is 0.600. The first-order valence-corrected chi connectivity index (χ1v) is 7.63. The summed E-state index contributed by atoms with van der Waals surface area (Å²) in [4.78, 5) is 30.7. The van der Waals surface area contributed by atoms with Crippen molar-refractivity contribution in [2.45, 2.75) is 0 Å². The van der Waals surface area contributed by atoms with Gasteiger partial charge in [-0.2, -0.15) is 0 Å². The molecule has 3 heterocycles. The number of carbonyl (C=O) groups is 1. The van der Waals surface area contributed by atoms with Crippen molar-refractivity contribution < 1.29 is 9.21 Å². The summed E-state index contributed by atoms with van der Waals surface area (Å²) < 4.78 is 5.24. The van der Waals surface area contributed by atoms with Gasteiger partial charge < -0.3 is 14.6 Å². The fourth-order valence-electron chi connectivity index (χ4n) is 1.87. The van der Waals surface area contributed by atoms with Gasteiger partial charge in [0.1, 0.15) is 22.8 Å². The van der Waals surface area contributed by atoms with E-state index in [1.54, 1.807) is 17.2 Å². The minimum atomic E-state index is -0.169. The van der Waals surface area contributed by atoms with Crippen LogP contribution in [0.15, 0.2) is 34.5 Å². The second-order valence-electron chi connectivity index (χ2n) is 4.92. The van der Waals surface area contributed by atoms with E-state index in [-0.39, 0.29) is 18.3 Å². The van der Waals surface area contributed by atoms with E-state index >= 15 is 0 Å². The zero-order valence-electron chi connectivity index (χ0n) is 12.6. The number of nitrogens with one attached hydrogen (secondary N) is 1. The van der Waals surface area contributed by atoms with Crippen LogP contribution in [0.25, 0.3) is 22.4 Å². The predicted molar refractivity (Wildman–Crippen MR) is 85.8 cm³/mol. The van der Waals surface area contributed by atoms with Crippen molar-refractivity contribution in [2.75, 3.05) is 26.0 Å². The molecule has 3 aromatic rings. The van der Waals surface area contributed by atoms with Crippen LogP contribution < -0.4 is 5.32 Å². The van der Waals surface area contributed by atoms with Crippen molar-refractivity contribution in [1.82, 2.24) is 24.8 Å². The second kappa shape index (κ2) is 6.63. The first-order chi connectivity index (χ1) is 11.1. The molecule has 0 unspecified atom stereocenters. The molecule has 9 heteroatoms. The van der Waals surface area contributed by atoms with Gasteiger partial charge in [-0.3, -0.25) is 4.79 Å². The quantitative estimate of drug-likeness (QED) is 0.761. The summed E-state index contributed by atoms with van der Waals surface area (Å²) in [5, 5.41) is 5.33. The van der Waals surface area contributed by atoms with Gasteiger partial charge >= 0.3 is 0 Å². The average molecular weight is 330 g/mol. The molecule has 1 amide bonds. The van der Waals surface area contributed by atoms with Crippen LogP contribution in [0.5, 0.6) is 0 Å². The molecule has 0 radical (unpaired) electrons. The zero-order chi connectivity index (χ0) is 16.2. The van der Waals surface area contributed by atoms with Gasteiger partial charge in [0.25, 0.3) is 5.89 Å². The van der Waals surface area contributed by atoms with Crippen LogP contribution in [0.1, 0.15) is 0 Å². The molecule has 0 spiro atoms. The number of anilines is 1. The van der Waals surface area contributed by atoms with Gasteiger partial charge in [0.2, 0.25) is 11.7 Å². The molecule has 0 fully saturated rings. The first kappa shape index (κ1) is 15.3. The van der Waals surface area contributed by atoms with Crippen LogP contribution in [0.3, 0.4) is 0 Å². The van der Waals surface area contributed by atoms with Gasteiger partial charge in [0.05, 0.1) is 12.7 Å². The number of rotatable bonds is 5. The van der Waals surface area contributed by atoms with E-state index in [1.165, 1.54) is 23.8 Å². The van der Waals surface area contributed by atoms with Crippen LogP contribution >= 0.6 is 11.3 Å². The number of amides is 1. The van der Waals surface area contributed by atoms with Gasteiger partial charge in [-0.05, 0) is 14.1 Å². The van der Waals surface area contributed by atoms with E-state index < -0.39 is 0 Å². The molecule has 0 saturated heterocycles. The molecule has 0 bridgehead atoms. The lowest BCUT2D eigenvalue weighted by molar-refractivity contribution is -0.116. The lowest BCUT2D eigenvalue weighted by Gasteiger charge is -2.10. The van der Waals surface area contributed by atoms with Crippen LogP contribution in [0.4, 0.5) is 5.82 Å². The number of thiazole rings is 1. The minimum Gasteiger partial charge on any atom is -0.442 e. The first-order valence-electron chi connectivity index (χ1n) is 6.75. The third-order valence-corrected chi connectivity index (χ3v) is 3.52. The van der Waals surface area contributed by atoms with Crippen LogP contribution in [0, 0.1) is 0 Å². The lowest BCUT2D eigenvalue weighted by Crippen LogP contribution is -2.27. The molecule has 3 rings (SSSR count). The number of hydrogen-bond donors (Lipinski definition) is 1. The fraction of sp³-hybridized carbons (Fsp3) is 0.214. The minimum absolute atomic E-state index is 0.169. The summed E-state index contributed by atoms with van der Waals surface area (Å²) in [6.07, 6.45) is 4.65. The lowest BCUT2D eigenvalue weighted by atomic mass is 10.3. The molecule has 8 nitrogen and oxygen atoms in total. The van der Waals surface area contributed by atoms with Gasteiger partial charge in [-0.15, -0.1) is 11.3 Å². The Hall–Kier alpha value is -2.65. The number of aromatic nitrogens is 4. The van der Waals surface area contributed by atoms with Crippen molar-refractivity contribution in [1.29, 1.82) is 0 Å². The number of likely N-dealkylation sites (N-methyl/N-ethyl adjacent to an activating group) is 1. The monoisotopic (exact) mass is 330 g/mol. The molecule has 0 aliphatic rings. The molecular formula is C14H14N6O2S. The van der Waals surface area contributed by atoms with Crippen LogP contribution in [0.2, 0.25) is 0 Å². The number of nitrogens with zero attached hydrogens (tertiary/aromatic N) is 5. The molecule has 0 aliphatic carbocycles. The molecule has 0 atom stereocenters. The highest BCUT2D eigenvalue weighted by Crippen LogP contribution is 2.25. The standard InChI is InChI=1S/C14H14N6O2S/c1-20(2)8-11(21)18-10-7-9(14-16-4-6-23-14)17-12(19-10)13-15-3-5-22-13/h3-7H,8H2,1-2H3,(H,17,18,19,21). The van der Waals surface area contributed by atoms with Crippen molar-refractivity contribution >= 4 is 23.1 Å². The Labute approximate surface area is 136 Å². The largest absolute Gasteiger partial charge is 0.442 e. The maximum absolute atomic E-state index is 12.0. The van der Waals surface area contributed by atoms with Gasteiger partial charge in [-0.1, -0.05) is 0 Å². The normalized spacial score (nSPS) is 10.9. The molecule has 3 aromatic heterocycles. The molecular weight excluding hydrogens is 316 g/mol. The Balaban J connectivity index is 1.96. The zero-order valence-corrected chi connectivity index (χ0v) is 13.4. The molecule has 23 heavy (non-hydrogen) atoms. The average Bonchev–Trinajstić information content (AvgIpc) is 3.20. The van der Waals surface area contributed by atoms with Crippen molar-refractivity contribution in [3.05, 3.63) is 30.1 Å². The maximum atomic E-state index is 12.0. The maximum Gasteiger partial charge on any atom is 0.264 e. The SMILES string of the molecule is CN(C)CC(=O)Nc1cc(-c2nccs2)nc(-c2ncco2)n1. The second-order valence-corrected chi connectivity index (χ2v) is 5.82. The Morgan fingerprint density at radius 2 is 2.17 bits per heavy atom. The van der Waals surface area contributed by atoms with Gasteiger partial charge in [0.15, 0.2) is 0 Å². The van der Waals surface area contributed by atoms with E-state index in [0.717, 1.165) is 5.01 Å². The van der Waals surface area contributed by atoms with Gasteiger partial charge in [-0.25, -0.2) is 19.9 Å². The van der Waals surface area contributed by atoms with Crippen LogP contribution in [-0.4, -0.2) is 51.4 Å². The Morgan fingerprint density at radius 1 is 1.30 bits per heavy atom. The third-order valence-electron chi connectivity index (χ3n) is 2.73. The van der Waals surface area contributed by atoms with Crippen LogP contribution in [-0.2, 0) is 4.79 Å². The number of oxazole rings is 1. The van der Waals surface area contributed by atoms with E-state index in [9.17, 15) is 4.79 Å². The third kappa shape index (κ3) is 3.76.